The van der Waals surface area contributed by atoms with Gasteiger partial charge in [-0.3, -0.25) is 4.68 Å². The van der Waals surface area contributed by atoms with Gasteiger partial charge in [0.2, 0.25) is 0 Å². The Morgan fingerprint density at radius 2 is 2.39 bits per heavy atom. The number of aliphatic hydroxyl groups excluding tert-OH is 1. The van der Waals surface area contributed by atoms with Gasteiger partial charge in [-0.15, -0.1) is 12.4 Å². The number of rotatable bonds is 4. The van der Waals surface area contributed by atoms with E-state index in [1.807, 2.05) is 0 Å². The molecule has 0 unspecified atom stereocenters. The Bertz CT molecular complexity index is 420. The molecule has 0 fully saturated rings. The molecule has 2 heterocycles. The van der Waals surface area contributed by atoms with Crippen LogP contribution in [0.15, 0.2) is 0 Å². The first kappa shape index (κ1) is 14.9. The predicted molar refractivity (Wildman–Crippen MR) is 67.9 cm³/mol. The van der Waals surface area contributed by atoms with E-state index in [1.54, 1.807) is 11.6 Å². The SMILES string of the molecule is CCOC(=O)c1nn(CCO)c2c1CNCC2.Cl. The molecule has 0 spiro atoms. The number of carbonyl (C=O) groups excluding carboxylic acids is 1. The third kappa shape index (κ3) is 2.82. The second-order valence-corrected chi connectivity index (χ2v) is 3.87. The number of aliphatic hydroxyl groups is 1. The number of fused-ring (bicyclic) bond motifs is 1. The first-order valence-corrected chi connectivity index (χ1v) is 5.85. The fraction of sp³-hybridized carbons (Fsp3) is 0.636. The average Bonchev–Trinajstić information content (AvgIpc) is 2.70. The number of aromatic nitrogens is 2. The number of hydrogen-bond acceptors (Lipinski definition) is 5. The van der Waals surface area contributed by atoms with Gasteiger partial charge < -0.3 is 15.2 Å². The van der Waals surface area contributed by atoms with Crippen LogP contribution in [0.25, 0.3) is 0 Å². The van der Waals surface area contributed by atoms with Crippen molar-refractivity contribution in [2.75, 3.05) is 19.8 Å². The molecule has 1 aromatic rings. The highest BCUT2D eigenvalue weighted by molar-refractivity contribution is 5.89. The van der Waals surface area contributed by atoms with Crippen molar-refractivity contribution in [2.45, 2.75) is 26.4 Å². The maximum Gasteiger partial charge on any atom is 0.359 e. The van der Waals surface area contributed by atoms with E-state index >= 15 is 0 Å². The molecule has 0 bridgehead atoms. The van der Waals surface area contributed by atoms with E-state index in [-0.39, 0.29) is 25.0 Å². The standard InChI is InChI=1S/C11H17N3O3.ClH/c1-2-17-11(16)10-8-7-12-4-3-9(8)14(13-10)5-6-15;/h12,15H,2-7H2,1H3;1H. The largest absolute Gasteiger partial charge is 0.461 e. The minimum Gasteiger partial charge on any atom is -0.461 e. The molecule has 7 heteroatoms. The lowest BCUT2D eigenvalue weighted by Crippen LogP contribution is -2.26. The molecule has 0 radical (unpaired) electrons. The molecule has 6 nitrogen and oxygen atoms in total. The van der Waals surface area contributed by atoms with Crippen LogP contribution in [0.4, 0.5) is 0 Å². The average molecular weight is 276 g/mol. The second kappa shape index (κ2) is 6.72. The van der Waals surface area contributed by atoms with Gasteiger partial charge in [0.15, 0.2) is 5.69 Å². The van der Waals surface area contributed by atoms with E-state index in [4.69, 9.17) is 9.84 Å². The van der Waals surface area contributed by atoms with Crippen LogP contribution in [0.2, 0.25) is 0 Å². The molecular weight excluding hydrogens is 258 g/mol. The zero-order valence-corrected chi connectivity index (χ0v) is 11.1. The Morgan fingerprint density at radius 1 is 1.61 bits per heavy atom. The fourth-order valence-corrected chi connectivity index (χ4v) is 2.06. The fourth-order valence-electron chi connectivity index (χ4n) is 2.06. The minimum absolute atomic E-state index is 0. The highest BCUT2D eigenvalue weighted by atomic mass is 35.5. The van der Waals surface area contributed by atoms with E-state index < -0.39 is 0 Å². The quantitative estimate of drug-likeness (QED) is 0.764. The van der Waals surface area contributed by atoms with Gasteiger partial charge in [-0.25, -0.2) is 4.79 Å². The number of nitrogens with one attached hydrogen (secondary N) is 1. The van der Waals surface area contributed by atoms with Crippen LogP contribution >= 0.6 is 12.4 Å². The van der Waals surface area contributed by atoms with E-state index in [9.17, 15) is 4.79 Å². The zero-order chi connectivity index (χ0) is 12.3. The molecule has 1 aromatic heterocycles. The molecule has 102 valence electrons. The maximum absolute atomic E-state index is 11.7. The Balaban J connectivity index is 0.00000162. The van der Waals surface area contributed by atoms with E-state index in [0.29, 0.717) is 25.4 Å². The van der Waals surface area contributed by atoms with Crippen LogP contribution in [0, 0.1) is 0 Å². The van der Waals surface area contributed by atoms with Crippen molar-refractivity contribution in [1.82, 2.24) is 15.1 Å². The lowest BCUT2D eigenvalue weighted by molar-refractivity contribution is 0.0516. The van der Waals surface area contributed by atoms with Crippen LogP contribution in [-0.2, 0) is 24.2 Å². The van der Waals surface area contributed by atoms with Gasteiger partial charge in [0, 0.05) is 30.8 Å². The number of nitrogens with zero attached hydrogens (tertiary/aromatic N) is 2. The molecular formula is C11H18ClN3O3. The first-order valence-electron chi connectivity index (χ1n) is 5.85. The van der Waals surface area contributed by atoms with Crippen molar-refractivity contribution in [1.29, 1.82) is 0 Å². The zero-order valence-electron chi connectivity index (χ0n) is 10.3. The molecule has 0 aromatic carbocycles. The third-order valence-electron chi connectivity index (χ3n) is 2.79. The number of carbonyl (C=O) groups is 1. The van der Waals surface area contributed by atoms with Crippen molar-refractivity contribution in [3.8, 4) is 0 Å². The maximum atomic E-state index is 11.7. The van der Waals surface area contributed by atoms with Crippen LogP contribution in [0.3, 0.4) is 0 Å². The summed E-state index contributed by atoms with van der Waals surface area (Å²) in [6, 6.07) is 0. The Morgan fingerprint density at radius 3 is 3.06 bits per heavy atom. The van der Waals surface area contributed by atoms with E-state index in [1.165, 1.54) is 0 Å². The molecule has 1 aliphatic rings. The molecule has 2 rings (SSSR count). The van der Waals surface area contributed by atoms with Gasteiger partial charge in [0.05, 0.1) is 19.8 Å². The summed E-state index contributed by atoms with van der Waals surface area (Å²) in [5, 5.41) is 16.4. The summed E-state index contributed by atoms with van der Waals surface area (Å²) in [6.07, 6.45) is 0.821. The van der Waals surface area contributed by atoms with Crippen LogP contribution in [-0.4, -0.2) is 40.6 Å². The van der Waals surface area contributed by atoms with Gasteiger partial charge in [-0.1, -0.05) is 0 Å². The highest BCUT2D eigenvalue weighted by Gasteiger charge is 2.25. The van der Waals surface area contributed by atoms with Crippen LogP contribution in [0.1, 0.15) is 28.7 Å². The van der Waals surface area contributed by atoms with Crippen molar-refractivity contribution < 1.29 is 14.6 Å². The minimum atomic E-state index is -0.385. The number of ether oxygens (including phenoxy) is 1. The van der Waals surface area contributed by atoms with Gasteiger partial charge in [-0.05, 0) is 6.92 Å². The number of halogens is 1. The molecule has 0 atom stereocenters. The van der Waals surface area contributed by atoms with Crippen molar-refractivity contribution in [3.63, 3.8) is 0 Å². The Hall–Kier alpha value is -1.11. The Kier molecular flexibility index (Phi) is 5.58. The number of esters is 1. The van der Waals surface area contributed by atoms with Crippen LogP contribution < -0.4 is 5.32 Å². The van der Waals surface area contributed by atoms with Crippen molar-refractivity contribution in [3.05, 3.63) is 17.0 Å². The summed E-state index contributed by atoms with van der Waals surface area (Å²) in [6.45, 7) is 4.05. The summed E-state index contributed by atoms with van der Waals surface area (Å²) in [5.41, 5.74) is 2.31. The van der Waals surface area contributed by atoms with Crippen molar-refractivity contribution >= 4 is 18.4 Å². The topological polar surface area (TPSA) is 76.4 Å². The van der Waals surface area contributed by atoms with Gasteiger partial charge in [0.1, 0.15) is 0 Å². The van der Waals surface area contributed by atoms with Gasteiger partial charge >= 0.3 is 5.97 Å². The lowest BCUT2D eigenvalue weighted by Gasteiger charge is -2.14. The lowest BCUT2D eigenvalue weighted by atomic mass is 10.1. The molecule has 0 amide bonds. The first-order chi connectivity index (χ1) is 8.27. The molecule has 0 saturated heterocycles. The number of hydrogen-bond donors (Lipinski definition) is 2. The molecule has 18 heavy (non-hydrogen) atoms. The van der Waals surface area contributed by atoms with Gasteiger partial charge in [-0.2, -0.15) is 5.10 Å². The summed E-state index contributed by atoms with van der Waals surface area (Å²) >= 11 is 0. The Labute approximate surface area is 112 Å². The second-order valence-electron chi connectivity index (χ2n) is 3.87. The predicted octanol–water partition coefficient (Wildman–Crippen LogP) is 0.120. The summed E-state index contributed by atoms with van der Waals surface area (Å²) in [7, 11) is 0. The highest BCUT2D eigenvalue weighted by Crippen LogP contribution is 2.19. The summed E-state index contributed by atoms with van der Waals surface area (Å²) in [5.74, 6) is -0.385. The van der Waals surface area contributed by atoms with Crippen molar-refractivity contribution in [2.24, 2.45) is 0 Å². The molecule has 0 saturated carbocycles. The normalized spacial score (nSPS) is 13.7. The monoisotopic (exact) mass is 275 g/mol. The summed E-state index contributed by atoms with van der Waals surface area (Å²) < 4.78 is 6.69. The van der Waals surface area contributed by atoms with E-state index in [0.717, 1.165) is 24.2 Å². The third-order valence-corrected chi connectivity index (χ3v) is 2.79. The van der Waals surface area contributed by atoms with E-state index in [2.05, 4.69) is 10.4 Å². The molecule has 2 N–H and O–H groups in total. The van der Waals surface area contributed by atoms with Crippen LogP contribution in [0.5, 0.6) is 0 Å². The molecule has 1 aliphatic heterocycles. The summed E-state index contributed by atoms with van der Waals surface area (Å²) in [4.78, 5) is 11.7. The smallest absolute Gasteiger partial charge is 0.359 e. The molecule has 0 aliphatic carbocycles. The van der Waals surface area contributed by atoms with Gasteiger partial charge in [0.25, 0.3) is 0 Å².